The van der Waals surface area contributed by atoms with Crippen molar-refractivity contribution in [3.05, 3.63) is 56.4 Å². The summed E-state index contributed by atoms with van der Waals surface area (Å²) in [5.74, 6) is 0.710. The maximum absolute atomic E-state index is 12.1. The fourth-order valence-corrected chi connectivity index (χ4v) is 2.15. The molecule has 0 bridgehead atoms. The van der Waals surface area contributed by atoms with Gasteiger partial charge in [-0.25, -0.2) is 4.79 Å². The Morgan fingerprint density at radius 3 is 2.62 bits per heavy atom. The minimum atomic E-state index is -0.336. The van der Waals surface area contributed by atoms with Crippen LogP contribution in [0.25, 0.3) is 0 Å². The largest absolute Gasteiger partial charge is 0.495 e. The Kier molecular flexibility index (Phi) is 4.16. The Balaban J connectivity index is 2.31. The van der Waals surface area contributed by atoms with E-state index in [1.54, 1.807) is 20.4 Å². The average molecular weight is 289 g/mol. The number of anilines is 1. The SMILES string of the molecule is COc1ccc(C)cc1NCc1cn(C)c(=O)n(C)c1=O. The molecular weight excluding hydrogens is 270 g/mol. The predicted octanol–water partition coefficient (Wildman–Crippen LogP) is 1.01. The van der Waals surface area contributed by atoms with Crippen molar-refractivity contribution in [2.45, 2.75) is 13.5 Å². The highest BCUT2D eigenvalue weighted by atomic mass is 16.5. The number of nitrogens with zero attached hydrogens (tertiary/aromatic N) is 2. The van der Waals surface area contributed by atoms with Gasteiger partial charge in [0.2, 0.25) is 0 Å². The Bertz CT molecular complexity index is 775. The van der Waals surface area contributed by atoms with Gasteiger partial charge in [-0.3, -0.25) is 9.36 Å². The first kappa shape index (κ1) is 14.9. The molecule has 1 aromatic carbocycles. The van der Waals surface area contributed by atoms with Crippen molar-refractivity contribution in [2.24, 2.45) is 14.1 Å². The Labute approximate surface area is 122 Å². The van der Waals surface area contributed by atoms with E-state index >= 15 is 0 Å². The predicted molar refractivity (Wildman–Crippen MR) is 82.0 cm³/mol. The van der Waals surface area contributed by atoms with Crippen molar-refractivity contribution in [1.29, 1.82) is 0 Å². The maximum Gasteiger partial charge on any atom is 0.330 e. The van der Waals surface area contributed by atoms with E-state index in [0.29, 0.717) is 17.9 Å². The summed E-state index contributed by atoms with van der Waals surface area (Å²) in [7, 11) is 4.70. The Morgan fingerprint density at radius 1 is 1.24 bits per heavy atom. The molecule has 6 heteroatoms. The summed E-state index contributed by atoms with van der Waals surface area (Å²) >= 11 is 0. The number of rotatable bonds is 4. The first-order valence-corrected chi connectivity index (χ1v) is 6.58. The average Bonchev–Trinajstić information content (AvgIpc) is 2.47. The van der Waals surface area contributed by atoms with E-state index in [1.807, 2.05) is 25.1 Å². The van der Waals surface area contributed by atoms with Crippen LogP contribution in [0, 0.1) is 6.92 Å². The molecule has 0 aliphatic carbocycles. The molecule has 1 heterocycles. The minimum Gasteiger partial charge on any atom is -0.495 e. The highest BCUT2D eigenvalue weighted by Gasteiger charge is 2.08. The number of ether oxygens (including phenoxy) is 1. The van der Waals surface area contributed by atoms with Gasteiger partial charge in [-0.2, -0.15) is 0 Å². The number of hydrogen-bond acceptors (Lipinski definition) is 4. The van der Waals surface area contributed by atoms with E-state index in [0.717, 1.165) is 15.8 Å². The molecule has 0 atom stereocenters. The third-order valence-electron chi connectivity index (χ3n) is 3.34. The van der Waals surface area contributed by atoms with Gasteiger partial charge in [0.15, 0.2) is 0 Å². The second-order valence-corrected chi connectivity index (χ2v) is 4.97. The zero-order valence-corrected chi connectivity index (χ0v) is 12.6. The van der Waals surface area contributed by atoms with Crippen LogP contribution >= 0.6 is 0 Å². The molecule has 2 aromatic rings. The fraction of sp³-hybridized carbons (Fsp3) is 0.333. The van der Waals surface area contributed by atoms with Crippen molar-refractivity contribution in [3.63, 3.8) is 0 Å². The third kappa shape index (κ3) is 2.99. The molecule has 0 saturated carbocycles. The number of aryl methyl sites for hydroxylation is 2. The molecule has 0 radical (unpaired) electrons. The lowest BCUT2D eigenvalue weighted by atomic mass is 10.2. The number of benzene rings is 1. The zero-order valence-electron chi connectivity index (χ0n) is 12.6. The van der Waals surface area contributed by atoms with Crippen LogP contribution in [0.15, 0.2) is 34.0 Å². The summed E-state index contributed by atoms with van der Waals surface area (Å²) in [5, 5.41) is 3.18. The second kappa shape index (κ2) is 5.87. The number of methoxy groups -OCH3 is 1. The lowest BCUT2D eigenvalue weighted by molar-refractivity contribution is 0.416. The van der Waals surface area contributed by atoms with Gasteiger partial charge < -0.3 is 14.6 Å². The van der Waals surface area contributed by atoms with Gasteiger partial charge in [0.05, 0.1) is 18.4 Å². The summed E-state index contributed by atoms with van der Waals surface area (Å²) in [5.41, 5.74) is 1.79. The van der Waals surface area contributed by atoms with Crippen molar-refractivity contribution >= 4 is 5.69 Å². The van der Waals surface area contributed by atoms with Gasteiger partial charge in [-0.1, -0.05) is 6.07 Å². The molecule has 0 aliphatic rings. The van der Waals surface area contributed by atoms with E-state index in [-0.39, 0.29) is 11.2 Å². The third-order valence-corrected chi connectivity index (χ3v) is 3.34. The van der Waals surface area contributed by atoms with Crippen molar-refractivity contribution in [1.82, 2.24) is 9.13 Å². The maximum atomic E-state index is 12.1. The van der Waals surface area contributed by atoms with Gasteiger partial charge in [-0.05, 0) is 24.6 Å². The highest BCUT2D eigenvalue weighted by molar-refractivity contribution is 5.58. The molecule has 21 heavy (non-hydrogen) atoms. The van der Waals surface area contributed by atoms with Crippen molar-refractivity contribution < 1.29 is 4.74 Å². The molecule has 6 nitrogen and oxygen atoms in total. The van der Waals surface area contributed by atoms with Gasteiger partial charge in [-0.15, -0.1) is 0 Å². The Hall–Kier alpha value is -2.50. The fourth-order valence-electron chi connectivity index (χ4n) is 2.15. The molecule has 1 N–H and O–H groups in total. The molecule has 1 aromatic heterocycles. The smallest absolute Gasteiger partial charge is 0.330 e. The van der Waals surface area contributed by atoms with E-state index in [9.17, 15) is 9.59 Å². The van der Waals surface area contributed by atoms with Gasteiger partial charge in [0.25, 0.3) is 5.56 Å². The standard InChI is InChI=1S/C15H19N3O3/c1-10-5-6-13(21-4)12(7-10)16-8-11-9-17(2)15(20)18(3)14(11)19/h5-7,9,16H,8H2,1-4H3. The first-order chi connectivity index (χ1) is 9.93. The molecule has 0 aliphatic heterocycles. The molecule has 112 valence electrons. The molecule has 2 rings (SSSR count). The normalized spacial score (nSPS) is 10.5. The molecule has 0 amide bonds. The van der Waals surface area contributed by atoms with Crippen LogP contribution in [0.3, 0.4) is 0 Å². The van der Waals surface area contributed by atoms with Crippen molar-refractivity contribution in [3.8, 4) is 5.75 Å². The molecule has 0 unspecified atom stereocenters. The van der Waals surface area contributed by atoms with Crippen LogP contribution < -0.4 is 21.3 Å². The second-order valence-electron chi connectivity index (χ2n) is 4.97. The Morgan fingerprint density at radius 2 is 1.95 bits per heavy atom. The first-order valence-electron chi connectivity index (χ1n) is 6.58. The lowest BCUT2D eigenvalue weighted by Gasteiger charge is -2.12. The minimum absolute atomic E-state index is 0.294. The molecule has 0 spiro atoms. The highest BCUT2D eigenvalue weighted by Crippen LogP contribution is 2.25. The van der Waals surface area contributed by atoms with Crippen LogP contribution in [0.2, 0.25) is 0 Å². The van der Waals surface area contributed by atoms with Crippen LogP contribution in [0.1, 0.15) is 11.1 Å². The number of nitrogens with one attached hydrogen (secondary N) is 1. The molecule has 0 fully saturated rings. The number of aromatic nitrogens is 2. The van der Waals surface area contributed by atoms with Gasteiger partial charge in [0, 0.05) is 26.8 Å². The molecular formula is C15H19N3O3. The summed E-state index contributed by atoms with van der Waals surface area (Å²) < 4.78 is 7.78. The summed E-state index contributed by atoms with van der Waals surface area (Å²) in [6.07, 6.45) is 1.56. The summed E-state index contributed by atoms with van der Waals surface area (Å²) in [6, 6.07) is 5.77. The van der Waals surface area contributed by atoms with Crippen LogP contribution in [-0.2, 0) is 20.6 Å². The van der Waals surface area contributed by atoms with Crippen LogP contribution in [0.4, 0.5) is 5.69 Å². The quantitative estimate of drug-likeness (QED) is 0.912. The molecule has 0 saturated heterocycles. The zero-order chi connectivity index (χ0) is 15.6. The van der Waals surface area contributed by atoms with Gasteiger partial charge >= 0.3 is 5.69 Å². The topological polar surface area (TPSA) is 65.3 Å². The van der Waals surface area contributed by atoms with E-state index in [2.05, 4.69) is 5.32 Å². The van der Waals surface area contributed by atoms with Crippen molar-refractivity contribution in [2.75, 3.05) is 12.4 Å². The summed E-state index contributed by atoms with van der Waals surface area (Å²) in [6.45, 7) is 2.30. The van der Waals surface area contributed by atoms with Crippen LogP contribution in [0.5, 0.6) is 5.75 Å². The van der Waals surface area contributed by atoms with Gasteiger partial charge in [0.1, 0.15) is 5.75 Å². The van der Waals surface area contributed by atoms with E-state index < -0.39 is 0 Å². The van der Waals surface area contributed by atoms with E-state index in [1.165, 1.54) is 11.6 Å². The van der Waals surface area contributed by atoms with E-state index in [4.69, 9.17) is 4.74 Å². The monoisotopic (exact) mass is 289 g/mol. The summed E-state index contributed by atoms with van der Waals surface area (Å²) in [4.78, 5) is 23.7. The number of hydrogen-bond donors (Lipinski definition) is 1. The lowest BCUT2D eigenvalue weighted by Crippen LogP contribution is -2.38. The van der Waals surface area contributed by atoms with Crippen LogP contribution in [-0.4, -0.2) is 16.2 Å².